The Kier molecular flexibility index (Phi) is 4.63. The molecule has 3 nitrogen and oxygen atoms in total. The van der Waals surface area contributed by atoms with Crippen molar-refractivity contribution in [2.45, 2.75) is 27.2 Å². The number of carbonyl (C=O) groups excluding carboxylic acids is 1. The van der Waals surface area contributed by atoms with E-state index in [1.165, 1.54) is 31.5 Å². The van der Waals surface area contributed by atoms with E-state index in [-0.39, 0.29) is 13.3 Å². The van der Waals surface area contributed by atoms with Gasteiger partial charge in [0.25, 0.3) is 5.91 Å². The maximum Gasteiger partial charge on any atom is 0.263 e. The second kappa shape index (κ2) is 6.06. The zero-order chi connectivity index (χ0) is 12.5. The summed E-state index contributed by atoms with van der Waals surface area (Å²) in [7, 11) is 0. The van der Waals surface area contributed by atoms with Gasteiger partial charge >= 0.3 is 0 Å². The van der Waals surface area contributed by atoms with Crippen LogP contribution in [0, 0.1) is 12.8 Å². The lowest BCUT2D eigenvalue weighted by molar-refractivity contribution is 0.0751. The van der Waals surface area contributed by atoms with Crippen molar-refractivity contribution in [2.75, 3.05) is 32.7 Å². The lowest BCUT2D eigenvalue weighted by atomic mass is 9.98. The van der Waals surface area contributed by atoms with Gasteiger partial charge in [-0.25, -0.2) is 0 Å². The quantitative estimate of drug-likeness (QED) is 0.790. The summed E-state index contributed by atoms with van der Waals surface area (Å²) >= 11 is 1.58. The van der Waals surface area contributed by atoms with Crippen LogP contribution in [0.4, 0.5) is 0 Å². The highest BCUT2D eigenvalue weighted by Gasteiger charge is 2.28. The standard InChI is InChI=1S/C14H20N2OS.CH4/c1-11-7-13(18-10-11)14(17)16-6-5-15-4-2-3-12(8-15)9-16;/h7,10,12H,2-6,8-9H2,1H3;1H4. The predicted molar refractivity (Wildman–Crippen MR) is 80.9 cm³/mol. The molecule has 2 unspecified atom stereocenters. The van der Waals surface area contributed by atoms with Gasteiger partial charge in [-0.3, -0.25) is 4.79 Å². The summed E-state index contributed by atoms with van der Waals surface area (Å²) in [5.41, 5.74) is 1.20. The molecule has 0 N–H and O–H groups in total. The van der Waals surface area contributed by atoms with Crippen LogP contribution in [0.3, 0.4) is 0 Å². The molecule has 1 aromatic heterocycles. The molecule has 3 rings (SSSR count). The molecule has 2 aliphatic heterocycles. The van der Waals surface area contributed by atoms with Gasteiger partial charge in [0.15, 0.2) is 0 Å². The second-order valence-corrected chi connectivity index (χ2v) is 6.46. The first-order valence-corrected chi connectivity index (χ1v) is 7.67. The molecular weight excluding hydrogens is 256 g/mol. The molecule has 2 atom stereocenters. The summed E-state index contributed by atoms with van der Waals surface area (Å²) in [6.45, 7) is 7.35. The molecule has 3 heterocycles. The van der Waals surface area contributed by atoms with E-state index in [9.17, 15) is 4.79 Å². The van der Waals surface area contributed by atoms with E-state index < -0.39 is 0 Å². The molecule has 2 aliphatic rings. The largest absolute Gasteiger partial charge is 0.336 e. The minimum absolute atomic E-state index is 0. The SMILES string of the molecule is C.Cc1csc(C(=O)N2CCN3CCCC(C3)C2)c1. The Bertz CT molecular complexity index is 443. The fourth-order valence-electron chi connectivity index (χ4n) is 3.05. The molecule has 106 valence electrons. The Morgan fingerprint density at radius 3 is 2.89 bits per heavy atom. The highest BCUT2D eigenvalue weighted by Crippen LogP contribution is 2.23. The van der Waals surface area contributed by atoms with Gasteiger partial charge in [-0.15, -0.1) is 11.3 Å². The Hall–Kier alpha value is -0.870. The van der Waals surface area contributed by atoms with Crippen molar-refractivity contribution in [3.05, 3.63) is 21.9 Å². The maximum absolute atomic E-state index is 12.5. The number of amides is 1. The third-order valence-corrected chi connectivity index (χ3v) is 5.03. The Morgan fingerprint density at radius 2 is 2.16 bits per heavy atom. The topological polar surface area (TPSA) is 23.6 Å². The predicted octanol–water partition coefficient (Wildman–Crippen LogP) is 2.86. The summed E-state index contributed by atoms with van der Waals surface area (Å²) in [6.07, 6.45) is 2.58. The first-order valence-electron chi connectivity index (χ1n) is 6.79. The van der Waals surface area contributed by atoms with Crippen molar-refractivity contribution in [2.24, 2.45) is 5.92 Å². The molecule has 0 spiro atoms. The van der Waals surface area contributed by atoms with E-state index in [1.807, 2.05) is 6.07 Å². The van der Waals surface area contributed by atoms with Gasteiger partial charge in [-0.1, -0.05) is 7.43 Å². The third-order valence-electron chi connectivity index (χ3n) is 4.00. The van der Waals surface area contributed by atoms with Gasteiger partial charge in [0, 0.05) is 26.2 Å². The van der Waals surface area contributed by atoms with E-state index in [0.29, 0.717) is 5.92 Å². The van der Waals surface area contributed by atoms with Gasteiger partial charge in [-0.05, 0) is 49.2 Å². The molecule has 1 amide bonds. The van der Waals surface area contributed by atoms with Crippen LogP contribution in [0.2, 0.25) is 0 Å². The number of aryl methyl sites for hydroxylation is 1. The smallest absolute Gasteiger partial charge is 0.263 e. The summed E-state index contributed by atoms with van der Waals surface area (Å²) in [4.78, 5) is 18.0. The normalized spacial score (nSPS) is 26.5. The molecule has 0 aromatic carbocycles. The molecule has 1 aromatic rings. The van der Waals surface area contributed by atoms with E-state index in [2.05, 4.69) is 22.1 Å². The molecule has 2 fully saturated rings. The van der Waals surface area contributed by atoms with Crippen LogP contribution in [0.5, 0.6) is 0 Å². The van der Waals surface area contributed by atoms with Gasteiger partial charge in [0.05, 0.1) is 4.88 Å². The Balaban J connectivity index is 0.00000133. The lowest BCUT2D eigenvalue weighted by Crippen LogP contribution is -2.35. The molecule has 4 heteroatoms. The number of thiophene rings is 1. The first kappa shape index (κ1) is 14.5. The number of carbonyl (C=O) groups is 1. The van der Waals surface area contributed by atoms with Crippen molar-refractivity contribution in [3.8, 4) is 0 Å². The summed E-state index contributed by atoms with van der Waals surface area (Å²) in [5.74, 6) is 0.924. The highest BCUT2D eigenvalue weighted by molar-refractivity contribution is 7.12. The lowest BCUT2D eigenvalue weighted by Gasteiger charge is -2.29. The average Bonchev–Trinajstić information content (AvgIpc) is 2.74. The zero-order valence-electron chi connectivity index (χ0n) is 10.9. The summed E-state index contributed by atoms with van der Waals surface area (Å²) in [5, 5.41) is 2.06. The minimum Gasteiger partial charge on any atom is -0.336 e. The van der Waals surface area contributed by atoms with Gasteiger partial charge in [0.2, 0.25) is 0 Å². The first-order chi connectivity index (χ1) is 8.72. The van der Waals surface area contributed by atoms with Crippen molar-refractivity contribution < 1.29 is 4.79 Å². The maximum atomic E-state index is 12.5. The van der Waals surface area contributed by atoms with E-state index in [1.54, 1.807) is 11.3 Å². The summed E-state index contributed by atoms with van der Waals surface area (Å²) < 4.78 is 0. The van der Waals surface area contributed by atoms with Crippen LogP contribution < -0.4 is 0 Å². The number of fused-ring (bicyclic) bond motifs is 2. The fourth-order valence-corrected chi connectivity index (χ4v) is 3.92. The van der Waals surface area contributed by atoms with Crippen LogP contribution >= 0.6 is 11.3 Å². The number of nitrogens with zero attached hydrogens (tertiary/aromatic N) is 2. The Labute approximate surface area is 120 Å². The number of hydrogen-bond donors (Lipinski definition) is 0. The van der Waals surface area contributed by atoms with Crippen LogP contribution in [0.25, 0.3) is 0 Å². The third kappa shape index (κ3) is 3.18. The van der Waals surface area contributed by atoms with E-state index in [0.717, 1.165) is 24.5 Å². The van der Waals surface area contributed by atoms with E-state index >= 15 is 0 Å². The number of piperidine rings is 1. The van der Waals surface area contributed by atoms with Gasteiger partial charge in [-0.2, -0.15) is 0 Å². The fraction of sp³-hybridized carbons (Fsp3) is 0.667. The van der Waals surface area contributed by atoms with Crippen molar-refractivity contribution in [3.63, 3.8) is 0 Å². The Morgan fingerprint density at radius 1 is 1.32 bits per heavy atom. The molecule has 2 bridgehead atoms. The number of hydrogen-bond acceptors (Lipinski definition) is 3. The highest BCUT2D eigenvalue weighted by atomic mass is 32.1. The van der Waals surface area contributed by atoms with Crippen molar-refractivity contribution >= 4 is 17.2 Å². The van der Waals surface area contributed by atoms with Gasteiger partial charge < -0.3 is 9.80 Å². The van der Waals surface area contributed by atoms with Crippen LogP contribution in [0.1, 0.15) is 35.5 Å². The number of rotatable bonds is 1. The average molecular weight is 280 g/mol. The molecular formula is C15H24N2OS. The van der Waals surface area contributed by atoms with Crippen LogP contribution in [-0.4, -0.2) is 48.4 Å². The monoisotopic (exact) mass is 280 g/mol. The molecule has 0 radical (unpaired) electrons. The van der Waals surface area contributed by atoms with Crippen molar-refractivity contribution in [1.82, 2.24) is 9.80 Å². The summed E-state index contributed by atoms with van der Waals surface area (Å²) in [6, 6.07) is 2.02. The molecule has 0 aliphatic carbocycles. The van der Waals surface area contributed by atoms with Crippen LogP contribution in [0.15, 0.2) is 11.4 Å². The zero-order valence-corrected chi connectivity index (χ0v) is 11.7. The second-order valence-electron chi connectivity index (χ2n) is 5.55. The van der Waals surface area contributed by atoms with Crippen molar-refractivity contribution in [1.29, 1.82) is 0 Å². The van der Waals surface area contributed by atoms with Crippen LogP contribution in [-0.2, 0) is 0 Å². The molecule has 2 saturated heterocycles. The van der Waals surface area contributed by atoms with Gasteiger partial charge in [0.1, 0.15) is 0 Å². The minimum atomic E-state index is 0. The molecule has 0 saturated carbocycles. The molecule has 19 heavy (non-hydrogen) atoms. The van der Waals surface area contributed by atoms with E-state index in [4.69, 9.17) is 0 Å².